The molecule has 0 unspecified atom stereocenters. The molecule has 1 saturated heterocycles. The summed E-state index contributed by atoms with van der Waals surface area (Å²) < 4.78 is 0. The summed E-state index contributed by atoms with van der Waals surface area (Å²) in [5, 5.41) is 9.18. The molecule has 0 amide bonds. The zero-order chi connectivity index (χ0) is 12.2. The fraction of sp³-hybridized carbons (Fsp3) is 0.917. The van der Waals surface area contributed by atoms with E-state index in [4.69, 9.17) is 0 Å². The van der Waals surface area contributed by atoms with Crippen LogP contribution in [0, 0.1) is 0 Å². The lowest BCUT2D eigenvalue weighted by Crippen LogP contribution is -2.52. The third-order valence-corrected chi connectivity index (χ3v) is 3.58. The number of carboxylic acid groups (broad SMARTS) is 1. The summed E-state index contributed by atoms with van der Waals surface area (Å²) in [4.78, 5) is 15.6. The first-order valence-electron chi connectivity index (χ1n) is 6.19. The molecule has 0 saturated carbocycles. The lowest BCUT2D eigenvalue weighted by atomic mass is 10.0. The van der Waals surface area contributed by atoms with E-state index in [0.717, 1.165) is 19.6 Å². The molecule has 1 fully saturated rings. The van der Waals surface area contributed by atoms with E-state index in [1.807, 2.05) is 11.8 Å². The van der Waals surface area contributed by atoms with E-state index in [9.17, 15) is 9.90 Å². The highest BCUT2D eigenvalue weighted by Crippen LogP contribution is 2.15. The smallest absolute Gasteiger partial charge is 0.323 e. The van der Waals surface area contributed by atoms with E-state index in [1.54, 1.807) is 13.8 Å². The van der Waals surface area contributed by atoms with Crippen molar-refractivity contribution in [2.24, 2.45) is 0 Å². The Labute approximate surface area is 98.2 Å². The fourth-order valence-electron chi connectivity index (χ4n) is 2.24. The van der Waals surface area contributed by atoms with Crippen LogP contribution in [0.4, 0.5) is 0 Å². The number of hydrogen-bond acceptors (Lipinski definition) is 3. The average Bonchev–Trinajstić information content (AvgIpc) is 2.71. The van der Waals surface area contributed by atoms with E-state index < -0.39 is 11.5 Å². The van der Waals surface area contributed by atoms with Crippen molar-refractivity contribution >= 4 is 5.97 Å². The van der Waals surface area contributed by atoms with Crippen LogP contribution in [0.15, 0.2) is 0 Å². The van der Waals surface area contributed by atoms with Gasteiger partial charge in [-0.1, -0.05) is 6.92 Å². The lowest BCUT2D eigenvalue weighted by Gasteiger charge is -2.35. The predicted octanol–water partition coefficient (Wildman–Crippen LogP) is 1.27. The van der Waals surface area contributed by atoms with Crippen molar-refractivity contribution < 1.29 is 9.90 Å². The molecular weight excluding hydrogens is 204 g/mol. The van der Waals surface area contributed by atoms with Gasteiger partial charge in [-0.2, -0.15) is 0 Å². The van der Waals surface area contributed by atoms with E-state index in [2.05, 4.69) is 4.90 Å². The SMILES string of the molecule is CCN(CCN1CCCC1)C(C)(C)C(=O)O. The summed E-state index contributed by atoms with van der Waals surface area (Å²) in [6, 6.07) is 0. The molecule has 0 aromatic rings. The number of likely N-dealkylation sites (N-methyl/N-ethyl adjacent to an activating group) is 1. The molecule has 1 aliphatic rings. The number of rotatable bonds is 6. The maximum absolute atomic E-state index is 11.2. The molecule has 94 valence electrons. The first kappa shape index (κ1) is 13.5. The first-order valence-corrected chi connectivity index (χ1v) is 6.19. The molecule has 4 heteroatoms. The number of carbonyl (C=O) groups is 1. The van der Waals surface area contributed by atoms with Crippen molar-refractivity contribution in [3.63, 3.8) is 0 Å². The molecule has 16 heavy (non-hydrogen) atoms. The normalized spacial score (nSPS) is 18.2. The first-order chi connectivity index (χ1) is 7.48. The second-order valence-corrected chi connectivity index (χ2v) is 4.99. The van der Waals surface area contributed by atoms with E-state index in [-0.39, 0.29) is 0 Å². The predicted molar refractivity (Wildman–Crippen MR) is 64.6 cm³/mol. The summed E-state index contributed by atoms with van der Waals surface area (Å²) in [5.74, 6) is -0.740. The number of aliphatic carboxylic acids is 1. The van der Waals surface area contributed by atoms with Crippen molar-refractivity contribution in [3.05, 3.63) is 0 Å². The third kappa shape index (κ3) is 3.19. The van der Waals surface area contributed by atoms with Gasteiger partial charge in [0.2, 0.25) is 0 Å². The van der Waals surface area contributed by atoms with Gasteiger partial charge >= 0.3 is 5.97 Å². The molecule has 1 aliphatic heterocycles. The highest BCUT2D eigenvalue weighted by atomic mass is 16.4. The Morgan fingerprint density at radius 3 is 2.38 bits per heavy atom. The van der Waals surface area contributed by atoms with Gasteiger partial charge in [-0.25, -0.2) is 0 Å². The minimum absolute atomic E-state index is 0.740. The van der Waals surface area contributed by atoms with E-state index in [0.29, 0.717) is 0 Å². The van der Waals surface area contributed by atoms with Crippen LogP contribution in [0.3, 0.4) is 0 Å². The molecule has 0 atom stereocenters. The van der Waals surface area contributed by atoms with Crippen LogP contribution >= 0.6 is 0 Å². The second-order valence-electron chi connectivity index (χ2n) is 4.99. The average molecular weight is 228 g/mol. The molecule has 0 spiro atoms. The van der Waals surface area contributed by atoms with Gasteiger partial charge < -0.3 is 10.0 Å². The van der Waals surface area contributed by atoms with Crippen molar-refractivity contribution in [1.82, 2.24) is 9.80 Å². The number of nitrogens with zero attached hydrogens (tertiary/aromatic N) is 2. The molecule has 0 aromatic heterocycles. The molecule has 0 bridgehead atoms. The largest absolute Gasteiger partial charge is 0.480 e. The van der Waals surface area contributed by atoms with Crippen LogP contribution in [-0.2, 0) is 4.79 Å². The Balaban J connectivity index is 2.44. The number of hydrogen-bond donors (Lipinski definition) is 1. The standard InChI is InChI=1S/C12H24N2O2/c1-4-14(12(2,3)11(15)16)10-9-13-7-5-6-8-13/h4-10H2,1-3H3,(H,15,16). The van der Waals surface area contributed by atoms with Crippen molar-refractivity contribution in [1.29, 1.82) is 0 Å². The summed E-state index contributed by atoms with van der Waals surface area (Å²) in [6.07, 6.45) is 2.57. The van der Waals surface area contributed by atoms with Crippen LogP contribution in [0.1, 0.15) is 33.6 Å². The monoisotopic (exact) mass is 228 g/mol. The van der Waals surface area contributed by atoms with Gasteiger partial charge in [0.15, 0.2) is 0 Å². The van der Waals surface area contributed by atoms with Crippen molar-refractivity contribution in [2.45, 2.75) is 39.2 Å². The maximum Gasteiger partial charge on any atom is 0.323 e. The van der Waals surface area contributed by atoms with E-state index in [1.165, 1.54) is 25.9 Å². The molecule has 4 nitrogen and oxygen atoms in total. The molecule has 0 aromatic carbocycles. The number of likely N-dealkylation sites (tertiary alicyclic amines) is 1. The van der Waals surface area contributed by atoms with Gasteiger partial charge in [-0.05, 0) is 46.3 Å². The summed E-state index contributed by atoms with van der Waals surface area (Å²) >= 11 is 0. The molecule has 0 aliphatic carbocycles. The summed E-state index contributed by atoms with van der Waals surface area (Å²) in [5.41, 5.74) is -0.755. The van der Waals surface area contributed by atoms with Gasteiger partial charge in [0.05, 0.1) is 0 Å². The quantitative estimate of drug-likeness (QED) is 0.743. The second kappa shape index (κ2) is 5.64. The van der Waals surface area contributed by atoms with Crippen molar-refractivity contribution in [3.8, 4) is 0 Å². The molecule has 1 rings (SSSR count). The van der Waals surface area contributed by atoms with Gasteiger partial charge in [-0.15, -0.1) is 0 Å². The Morgan fingerprint density at radius 2 is 1.94 bits per heavy atom. The molecular formula is C12H24N2O2. The fourth-order valence-corrected chi connectivity index (χ4v) is 2.24. The minimum atomic E-state index is -0.755. The Morgan fingerprint density at radius 1 is 1.38 bits per heavy atom. The summed E-state index contributed by atoms with van der Waals surface area (Å²) in [7, 11) is 0. The highest BCUT2D eigenvalue weighted by Gasteiger charge is 2.33. The molecule has 1 heterocycles. The number of carboxylic acids is 1. The van der Waals surface area contributed by atoms with E-state index >= 15 is 0 Å². The Hall–Kier alpha value is -0.610. The van der Waals surface area contributed by atoms with Crippen LogP contribution in [-0.4, -0.2) is 59.1 Å². The Bertz CT molecular complexity index is 235. The zero-order valence-corrected chi connectivity index (χ0v) is 10.7. The lowest BCUT2D eigenvalue weighted by molar-refractivity contribution is -0.149. The van der Waals surface area contributed by atoms with Gasteiger partial charge in [-0.3, -0.25) is 9.69 Å². The maximum atomic E-state index is 11.2. The highest BCUT2D eigenvalue weighted by molar-refractivity contribution is 5.77. The Kier molecular flexibility index (Phi) is 4.74. The van der Waals surface area contributed by atoms with Gasteiger partial charge in [0.25, 0.3) is 0 Å². The topological polar surface area (TPSA) is 43.8 Å². The molecule has 0 radical (unpaired) electrons. The minimum Gasteiger partial charge on any atom is -0.480 e. The zero-order valence-electron chi connectivity index (χ0n) is 10.7. The van der Waals surface area contributed by atoms with Crippen LogP contribution in [0.5, 0.6) is 0 Å². The van der Waals surface area contributed by atoms with Crippen LogP contribution in [0.25, 0.3) is 0 Å². The van der Waals surface area contributed by atoms with Crippen LogP contribution in [0.2, 0.25) is 0 Å². The molecule has 1 N–H and O–H groups in total. The van der Waals surface area contributed by atoms with Gasteiger partial charge in [0.1, 0.15) is 5.54 Å². The van der Waals surface area contributed by atoms with Crippen molar-refractivity contribution in [2.75, 3.05) is 32.7 Å². The van der Waals surface area contributed by atoms with Gasteiger partial charge in [0, 0.05) is 13.1 Å². The summed E-state index contributed by atoms with van der Waals surface area (Å²) in [6.45, 7) is 10.5. The third-order valence-electron chi connectivity index (χ3n) is 3.58. The van der Waals surface area contributed by atoms with Crippen LogP contribution < -0.4 is 0 Å².